The van der Waals surface area contributed by atoms with E-state index in [1.54, 1.807) is 26.4 Å². The molecule has 0 radical (unpaired) electrons. The van der Waals surface area contributed by atoms with Gasteiger partial charge in [0.15, 0.2) is 0 Å². The van der Waals surface area contributed by atoms with Gasteiger partial charge in [-0.25, -0.2) is 4.79 Å². The molecule has 0 unspecified atom stereocenters. The van der Waals surface area contributed by atoms with Crippen molar-refractivity contribution >= 4 is 23.3 Å². The molecule has 0 bridgehead atoms. The topological polar surface area (TPSA) is 67.8 Å². The first-order chi connectivity index (χ1) is 13.0. The zero-order valence-electron chi connectivity index (χ0n) is 15.0. The number of carbonyl (C=O) groups is 1. The van der Waals surface area contributed by atoms with Crippen LogP contribution in [0.1, 0.15) is 39.9 Å². The van der Waals surface area contributed by atoms with Crippen molar-refractivity contribution in [3.8, 4) is 11.5 Å². The van der Waals surface area contributed by atoms with Crippen LogP contribution in [0.3, 0.4) is 0 Å². The van der Waals surface area contributed by atoms with Crippen LogP contribution in [-0.2, 0) is 0 Å². The van der Waals surface area contributed by atoms with Crippen LogP contribution in [0.15, 0.2) is 42.5 Å². The van der Waals surface area contributed by atoms with E-state index in [1.165, 1.54) is 0 Å². The van der Waals surface area contributed by atoms with Crippen molar-refractivity contribution in [2.45, 2.75) is 18.4 Å². The van der Waals surface area contributed by atoms with E-state index in [2.05, 4.69) is 17.5 Å². The molecule has 27 heavy (non-hydrogen) atoms. The molecule has 1 heterocycles. The van der Waals surface area contributed by atoms with Crippen LogP contribution in [0.5, 0.6) is 11.5 Å². The number of fused-ring (bicyclic) bond motifs is 3. The molecule has 2 N–H and O–H groups in total. The summed E-state index contributed by atoms with van der Waals surface area (Å²) in [4.78, 5) is 11.8. The number of hydrogen-bond donors (Lipinski definition) is 2. The van der Waals surface area contributed by atoms with Crippen molar-refractivity contribution in [2.75, 3.05) is 19.5 Å². The molecule has 0 saturated heterocycles. The van der Waals surface area contributed by atoms with E-state index in [9.17, 15) is 9.90 Å². The number of allylic oxidation sites excluding steroid dienone is 2. The van der Waals surface area contributed by atoms with Gasteiger partial charge < -0.3 is 19.9 Å². The van der Waals surface area contributed by atoms with Gasteiger partial charge in [0.2, 0.25) is 0 Å². The van der Waals surface area contributed by atoms with Crippen LogP contribution < -0.4 is 14.8 Å². The van der Waals surface area contributed by atoms with E-state index in [0.29, 0.717) is 16.3 Å². The molecule has 3 atom stereocenters. The Morgan fingerprint density at radius 2 is 2.04 bits per heavy atom. The number of carboxylic acid groups (broad SMARTS) is 1. The van der Waals surface area contributed by atoms with Gasteiger partial charge in [-0.05, 0) is 48.2 Å². The molecule has 2 aliphatic rings. The van der Waals surface area contributed by atoms with Gasteiger partial charge in [0.05, 0.1) is 36.5 Å². The second-order valence-corrected chi connectivity index (χ2v) is 7.18. The van der Waals surface area contributed by atoms with Crippen LogP contribution in [-0.4, -0.2) is 25.3 Å². The number of anilines is 1. The van der Waals surface area contributed by atoms with Gasteiger partial charge in [0.25, 0.3) is 0 Å². The van der Waals surface area contributed by atoms with Gasteiger partial charge >= 0.3 is 5.97 Å². The molecular formula is C21H20ClNO4. The number of halogens is 1. The summed E-state index contributed by atoms with van der Waals surface area (Å²) in [5.41, 5.74) is 2.70. The number of aromatic carboxylic acids is 1. The summed E-state index contributed by atoms with van der Waals surface area (Å²) in [6, 6.07) is 8.85. The van der Waals surface area contributed by atoms with Gasteiger partial charge in [0.1, 0.15) is 11.5 Å². The maximum absolute atomic E-state index is 11.8. The van der Waals surface area contributed by atoms with Gasteiger partial charge in [0, 0.05) is 11.5 Å². The Morgan fingerprint density at radius 1 is 1.22 bits per heavy atom. The number of carboxylic acids is 1. The minimum atomic E-state index is -0.943. The molecule has 2 aromatic rings. The fourth-order valence-corrected chi connectivity index (χ4v) is 4.47. The van der Waals surface area contributed by atoms with Crippen LogP contribution in [0, 0.1) is 5.92 Å². The molecule has 5 nitrogen and oxygen atoms in total. The maximum Gasteiger partial charge on any atom is 0.336 e. The largest absolute Gasteiger partial charge is 0.497 e. The van der Waals surface area contributed by atoms with Gasteiger partial charge in [-0.3, -0.25) is 0 Å². The van der Waals surface area contributed by atoms with E-state index in [1.807, 2.05) is 18.2 Å². The first-order valence-corrected chi connectivity index (χ1v) is 9.13. The van der Waals surface area contributed by atoms with E-state index in [4.69, 9.17) is 21.1 Å². The molecule has 4 rings (SSSR count). The van der Waals surface area contributed by atoms with Crippen molar-refractivity contribution in [1.82, 2.24) is 0 Å². The Morgan fingerprint density at radius 3 is 2.74 bits per heavy atom. The van der Waals surface area contributed by atoms with Crippen LogP contribution in [0.25, 0.3) is 0 Å². The predicted molar refractivity (Wildman–Crippen MR) is 104 cm³/mol. The molecule has 0 saturated carbocycles. The number of hydrogen-bond acceptors (Lipinski definition) is 4. The third kappa shape index (κ3) is 2.82. The summed E-state index contributed by atoms with van der Waals surface area (Å²) in [5, 5.41) is 13.7. The number of nitrogens with one attached hydrogen (secondary N) is 1. The summed E-state index contributed by atoms with van der Waals surface area (Å²) in [7, 11) is 3.27. The van der Waals surface area contributed by atoms with E-state index < -0.39 is 5.97 Å². The first-order valence-electron chi connectivity index (χ1n) is 8.76. The predicted octanol–water partition coefficient (Wildman–Crippen LogP) is 4.88. The first kappa shape index (κ1) is 17.7. The van der Waals surface area contributed by atoms with E-state index >= 15 is 0 Å². The maximum atomic E-state index is 11.8. The second-order valence-electron chi connectivity index (χ2n) is 6.77. The van der Waals surface area contributed by atoms with Crippen molar-refractivity contribution in [1.29, 1.82) is 0 Å². The Labute approximate surface area is 162 Å². The second kappa shape index (κ2) is 6.82. The molecule has 0 aromatic heterocycles. The van der Waals surface area contributed by atoms with Gasteiger partial charge in [-0.15, -0.1) is 0 Å². The third-order valence-corrected chi connectivity index (χ3v) is 5.79. The number of benzene rings is 2. The smallest absolute Gasteiger partial charge is 0.336 e. The quantitative estimate of drug-likeness (QED) is 0.734. The highest BCUT2D eigenvalue weighted by molar-refractivity contribution is 6.33. The molecule has 0 spiro atoms. The zero-order valence-corrected chi connectivity index (χ0v) is 15.8. The standard InChI is InChI=1S/C21H20ClNO4/c1-26-11-6-9-17(27-2)15(10-11)19-13-5-3-4-12(13)18-14(21(24)25)7-8-16(22)20(18)23-19/h3-4,6-10,12-13,19,23H,5H2,1-2H3,(H,24,25)/t12-,13-,19-/m1/s1. The van der Waals surface area contributed by atoms with Gasteiger partial charge in [-0.1, -0.05) is 23.8 Å². The average molecular weight is 386 g/mol. The molecule has 140 valence electrons. The Hall–Kier alpha value is -2.66. The highest BCUT2D eigenvalue weighted by Crippen LogP contribution is 2.54. The highest BCUT2D eigenvalue weighted by Gasteiger charge is 2.41. The molecule has 2 aromatic carbocycles. The Kier molecular flexibility index (Phi) is 4.48. The monoisotopic (exact) mass is 385 g/mol. The minimum Gasteiger partial charge on any atom is -0.497 e. The van der Waals surface area contributed by atoms with Crippen LogP contribution >= 0.6 is 11.6 Å². The van der Waals surface area contributed by atoms with E-state index in [-0.39, 0.29) is 17.9 Å². The third-order valence-electron chi connectivity index (χ3n) is 5.47. The van der Waals surface area contributed by atoms with Gasteiger partial charge in [-0.2, -0.15) is 0 Å². The average Bonchev–Trinajstić information content (AvgIpc) is 3.17. The molecule has 6 heteroatoms. The normalized spacial score (nSPS) is 22.6. The number of rotatable bonds is 4. The summed E-state index contributed by atoms with van der Waals surface area (Å²) in [6.07, 6.45) is 5.04. The summed E-state index contributed by atoms with van der Waals surface area (Å²) in [5.74, 6) is 0.697. The summed E-state index contributed by atoms with van der Waals surface area (Å²) < 4.78 is 11.0. The fourth-order valence-electron chi connectivity index (χ4n) is 4.25. The van der Waals surface area contributed by atoms with Crippen molar-refractivity contribution < 1.29 is 19.4 Å². The lowest BCUT2D eigenvalue weighted by Crippen LogP contribution is -2.31. The minimum absolute atomic E-state index is 0.0213. The summed E-state index contributed by atoms with van der Waals surface area (Å²) >= 11 is 6.46. The van der Waals surface area contributed by atoms with Crippen LogP contribution in [0.4, 0.5) is 5.69 Å². The SMILES string of the molecule is COc1ccc(OC)c([C@@H]2Nc3c(Cl)ccc(C(=O)O)c3[C@@H]3C=CC[C@H]32)c1. The molecule has 0 amide bonds. The number of ether oxygens (including phenoxy) is 2. The lowest BCUT2D eigenvalue weighted by atomic mass is 9.75. The van der Waals surface area contributed by atoms with E-state index in [0.717, 1.165) is 29.0 Å². The van der Waals surface area contributed by atoms with Crippen molar-refractivity contribution in [3.05, 3.63) is 64.2 Å². The molecular weight excluding hydrogens is 366 g/mol. The lowest BCUT2D eigenvalue weighted by molar-refractivity contribution is 0.0695. The fraction of sp³-hybridized carbons (Fsp3) is 0.286. The molecule has 1 aliphatic heterocycles. The lowest BCUT2D eigenvalue weighted by Gasteiger charge is -2.39. The zero-order chi connectivity index (χ0) is 19.1. The summed E-state index contributed by atoms with van der Waals surface area (Å²) in [6.45, 7) is 0. The van der Waals surface area contributed by atoms with Crippen molar-refractivity contribution in [3.63, 3.8) is 0 Å². The number of methoxy groups -OCH3 is 2. The highest BCUT2D eigenvalue weighted by atomic mass is 35.5. The Balaban J connectivity index is 1.89. The molecule has 1 aliphatic carbocycles. The molecule has 0 fully saturated rings. The Bertz CT molecular complexity index is 940. The van der Waals surface area contributed by atoms with Crippen molar-refractivity contribution in [2.24, 2.45) is 5.92 Å². The van der Waals surface area contributed by atoms with Crippen LogP contribution in [0.2, 0.25) is 5.02 Å².